The molecule has 1 unspecified atom stereocenters. The number of amides is 1. The summed E-state index contributed by atoms with van der Waals surface area (Å²) in [4.78, 5) is 23.6. The number of halogens is 2. The Morgan fingerprint density at radius 2 is 2.00 bits per heavy atom. The van der Waals surface area contributed by atoms with Crippen LogP contribution >= 0.6 is 11.6 Å². The molecular weight excluding hydrogens is 407 g/mol. The highest BCUT2D eigenvalue weighted by molar-refractivity contribution is 6.31. The maximum Gasteiger partial charge on any atom is 0.229 e. The van der Waals surface area contributed by atoms with Gasteiger partial charge in [0.25, 0.3) is 0 Å². The van der Waals surface area contributed by atoms with E-state index in [0.717, 1.165) is 36.6 Å². The molecule has 0 saturated carbocycles. The van der Waals surface area contributed by atoms with Crippen LogP contribution in [0.1, 0.15) is 24.2 Å². The van der Waals surface area contributed by atoms with Crippen LogP contribution < -0.4 is 10.2 Å². The zero-order valence-corrected chi connectivity index (χ0v) is 17.5. The summed E-state index contributed by atoms with van der Waals surface area (Å²) in [7, 11) is 0. The lowest BCUT2D eigenvalue weighted by Crippen LogP contribution is -2.41. The van der Waals surface area contributed by atoms with Crippen molar-refractivity contribution in [3.63, 3.8) is 0 Å². The van der Waals surface area contributed by atoms with Gasteiger partial charge in [-0.1, -0.05) is 11.6 Å². The number of hydrogen-bond donors (Lipinski definition) is 1. The van der Waals surface area contributed by atoms with E-state index in [2.05, 4.69) is 25.3 Å². The number of aryl methyl sites for hydroxylation is 2. The van der Waals surface area contributed by atoms with Crippen molar-refractivity contribution >= 4 is 29.0 Å². The third-order valence-electron chi connectivity index (χ3n) is 5.17. The first-order valence-corrected chi connectivity index (χ1v) is 10.1. The lowest BCUT2D eigenvalue weighted by atomic mass is 9.97. The maximum atomic E-state index is 13.3. The second-order valence-corrected chi connectivity index (χ2v) is 7.88. The standard InChI is InChI=1S/C21H22ClFN6O/c1-13-8-14(2)29(27-13)20-10-19(24-12-25-20)28-7-3-4-15(11-28)21(30)26-16-5-6-18(23)17(22)9-16/h5-6,8-10,12,15H,3-4,7,11H2,1-2H3,(H,26,30). The smallest absolute Gasteiger partial charge is 0.229 e. The summed E-state index contributed by atoms with van der Waals surface area (Å²) in [6.07, 6.45) is 3.15. The van der Waals surface area contributed by atoms with Crippen LogP contribution in [0.4, 0.5) is 15.9 Å². The largest absolute Gasteiger partial charge is 0.356 e. The zero-order chi connectivity index (χ0) is 21.3. The number of hydrogen-bond acceptors (Lipinski definition) is 5. The van der Waals surface area contributed by atoms with Crippen LogP contribution in [0.2, 0.25) is 5.02 Å². The van der Waals surface area contributed by atoms with Gasteiger partial charge in [0, 0.05) is 30.5 Å². The molecule has 1 aromatic carbocycles. The molecule has 1 aliphatic rings. The number of nitrogens with one attached hydrogen (secondary N) is 1. The Hall–Kier alpha value is -3.00. The van der Waals surface area contributed by atoms with Gasteiger partial charge in [-0.2, -0.15) is 5.10 Å². The van der Waals surface area contributed by atoms with Crippen LogP contribution in [0, 0.1) is 25.6 Å². The van der Waals surface area contributed by atoms with Gasteiger partial charge in [-0.25, -0.2) is 19.0 Å². The lowest BCUT2D eigenvalue weighted by Gasteiger charge is -2.33. The minimum Gasteiger partial charge on any atom is -0.356 e. The fourth-order valence-electron chi connectivity index (χ4n) is 3.70. The van der Waals surface area contributed by atoms with E-state index < -0.39 is 5.82 Å². The summed E-state index contributed by atoms with van der Waals surface area (Å²) < 4.78 is 15.1. The van der Waals surface area contributed by atoms with E-state index in [9.17, 15) is 9.18 Å². The molecule has 0 spiro atoms. The van der Waals surface area contributed by atoms with Crippen molar-refractivity contribution in [3.05, 3.63) is 58.9 Å². The predicted octanol–water partition coefficient (Wildman–Crippen LogP) is 3.93. The molecule has 7 nitrogen and oxygen atoms in total. The molecule has 1 atom stereocenters. The van der Waals surface area contributed by atoms with Crippen LogP contribution in [0.15, 0.2) is 36.7 Å². The summed E-state index contributed by atoms with van der Waals surface area (Å²) in [5.74, 6) is 0.610. The highest BCUT2D eigenvalue weighted by atomic mass is 35.5. The highest BCUT2D eigenvalue weighted by Crippen LogP contribution is 2.25. The fraction of sp³-hybridized carbons (Fsp3) is 0.333. The third-order valence-corrected chi connectivity index (χ3v) is 5.46. The molecule has 0 bridgehead atoms. The Morgan fingerprint density at radius 1 is 1.20 bits per heavy atom. The number of carbonyl (C=O) groups is 1. The summed E-state index contributed by atoms with van der Waals surface area (Å²) >= 11 is 5.81. The molecule has 1 N–H and O–H groups in total. The third kappa shape index (κ3) is 4.28. The van der Waals surface area contributed by atoms with Gasteiger partial charge in [0.1, 0.15) is 18.0 Å². The second-order valence-electron chi connectivity index (χ2n) is 7.48. The number of aromatic nitrogens is 4. The SMILES string of the molecule is Cc1cc(C)n(-c2cc(N3CCCC(C(=O)Nc4ccc(F)c(Cl)c4)C3)ncn2)n1. The van der Waals surface area contributed by atoms with Gasteiger partial charge in [0.05, 0.1) is 16.6 Å². The molecule has 1 fully saturated rings. The molecule has 3 heterocycles. The van der Waals surface area contributed by atoms with Crippen molar-refractivity contribution in [3.8, 4) is 5.82 Å². The highest BCUT2D eigenvalue weighted by Gasteiger charge is 2.27. The number of piperidine rings is 1. The van der Waals surface area contributed by atoms with E-state index in [4.69, 9.17) is 11.6 Å². The number of anilines is 2. The predicted molar refractivity (Wildman–Crippen MR) is 114 cm³/mol. The Labute approximate surface area is 178 Å². The molecule has 156 valence electrons. The summed E-state index contributed by atoms with van der Waals surface area (Å²) in [5.41, 5.74) is 2.40. The summed E-state index contributed by atoms with van der Waals surface area (Å²) in [6.45, 7) is 5.26. The molecule has 30 heavy (non-hydrogen) atoms. The Kier molecular flexibility index (Phi) is 5.67. The van der Waals surface area contributed by atoms with Crippen LogP contribution in [0.3, 0.4) is 0 Å². The molecule has 0 radical (unpaired) electrons. The fourth-order valence-corrected chi connectivity index (χ4v) is 3.88. The first-order valence-electron chi connectivity index (χ1n) is 9.77. The van der Waals surface area contributed by atoms with Crippen molar-refractivity contribution in [1.82, 2.24) is 19.7 Å². The van der Waals surface area contributed by atoms with E-state index in [1.165, 1.54) is 24.5 Å². The van der Waals surface area contributed by atoms with E-state index in [-0.39, 0.29) is 16.8 Å². The molecule has 1 saturated heterocycles. The van der Waals surface area contributed by atoms with Crippen molar-refractivity contribution < 1.29 is 9.18 Å². The minimum atomic E-state index is -0.513. The first-order chi connectivity index (χ1) is 14.4. The molecule has 0 aliphatic carbocycles. The molecule has 4 rings (SSSR count). The molecule has 1 aliphatic heterocycles. The second kappa shape index (κ2) is 8.39. The van der Waals surface area contributed by atoms with Gasteiger partial charge in [-0.15, -0.1) is 0 Å². The first kappa shape index (κ1) is 20.3. The Balaban J connectivity index is 1.48. The average Bonchev–Trinajstić information content (AvgIpc) is 3.09. The van der Waals surface area contributed by atoms with Gasteiger partial charge in [-0.3, -0.25) is 4.79 Å². The van der Waals surface area contributed by atoms with Crippen molar-refractivity contribution in [1.29, 1.82) is 0 Å². The molecular formula is C21H22ClFN6O. The van der Waals surface area contributed by atoms with E-state index in [1.807, 2.05) is 26.0 Å². The number of carbonyl (C=O) groups excluding carboxylic acids is 1. The molecule has 3 aromatic rings. The lowest BCUT2D eigenvalue weighted by molar-refractivity contribution is -0.120. The topological polar surface area (TPSA) is 75.9 Å². The monoisotopic (exact) mass is 428 g/mol. The van der Waals surface area contributed by atoms with Gasteiger partial charge in [-0.05, 0) is 51.0 Å². The molecule has 1 amide bonds. The van der Waals surface area contributed by atoms with Crippen molar-refractivity contribution in [2.45, 2.75) is 26.7 Å². The average molecular weight is 429 g/mol. The Bertz CT molecular complexity index is 1090. The normalized spacial score (nSPS) is 16.5. The van der Waals surface area contributed by atoms with E-state index in [0.29, 0.717) is 18.1 Å². The Morgan fingerprint density at radius 3 is 2.73 bits per heavy atom. The summed E-state index contributed by atoms with van der Waals surface area (Å²) in [5, 5.41) is 7.29. The minimum absolute atomic E-state index is 0.0178. The maximum absolute atomic E-state index is 13.3. The quantitative estimate of drug-likeness (QED) is 0.681. The number of nitrogens with zero attached hydrogens (tertiary/aromatic N) is 5. The number of benzene rings is 1. The zero-order valence-electron chi connectivity index (χ0n) is 16.8. The summed E-state index contributed by atoms with van der Waals surface area (Å²) in [6, 6.07) is 8.04. The van der Waals surface area contributed by atoms with Gasteiger partial charge >= 0.3 is 0 Å². The van der Waals surface area contributed by atoms with Gasteiger partial charge in [0.15, 0.2) is 5.82 Å². The van der Waals surface area contributed by atoms with Crippen LogP contribution in [0.25, 0.3) is 5.82 Å². The molecule has 9 heteroatoms. The molecule has 2 aromatic heterocycles. The van der Waals surface area contributed by atoms with Gasteiger partial charge in [0.2, 0.25) is 5.91 Å². The van der Waals surface area contributed by atoms with Crippen LogP contribution in [0.5, 0.6) is 0 Å². The van der Waals surface area contributed by atoms with E-state index in [1.54, 1.807) is 4.68 Å². The van der Waals surface area contributed by atoms with E-state index >= 15 is 0 Å². The van der Waals surface area contributed by atoms with Gasteiger partial charge < -0.3 is 10.2 Å². The van der Waals surface area contributed by atoms with Crippen LogP contribution in [-0.2, 0) is 4.79 Å². The van der Waals surface area contributed by atoms with Crippen molar-refractivity contribution in [2.75, 3.05) is 23.3 Å². The number of rotatable bonds is 4. The van der Waals surface area contributed by atoms with Crippen molar-refractivity contribution in [2.24, 2.45) is 5.92 Å². The van der Waals surface area contributed by atoms with Crippen LogP contribution in [-0.4, -0.2) is 38.7 Å².